The first-order valence-corrected chi connectivity index (χ1v) is 7.87. The molecule has 1 heterocycles. The molecule has 126 valence electrons. The molecule has 2 aromatic rings. The summed E-state index contributed by atoms with van der Waals surface area (Å²) in [5, 5.41) is 0. The molecule has 1 aromatic carbocycles. The van der Waals surface area contributed by atoms with Gasteiger partial charge in [0.1, 0.15) is 5.82 Å². The van der Waals surface area contributed by atoms with Crippen molar-refractivity contribution in [2.75, 3.05) is 6.61 Å². The number of esters is 1. The number of H-pyrrole nitrogens is 1. The normalized spacial score (nSPS) is 10.5. The minimum absolute atomic E-state index is 0.158. The summed E-state index contributed by atoms with van der Waals surface area (Å²) in [7, 11) is 0. The lowest BCUT2D eigenvalue weighted by molar-refractivity contribution is 0.0468. The van der Waals surface area contributed by atoms with Gasteiger partial charge in [0, 0.05) is 15.7 Å². The SMILES string of the molecule is CC(=O)c1c(C)[nH]c(C(=O)COC(=O)c2ccc(Br)cc2F)c1C. The number of Topliss-reactive ketones (excluding diaryl/α,β-unsaturated/α-hetero) is 2. The molecule has 0 aliphatic heterocycles. The van der Waals surface area contributed by atoms with Crippen LogP contribution in [0.3, 0.4) is 0 Å². The van der Waals surface area contributed by atoms with Gasteiger partial charge in [-0.15, -0.1) is 0 Å². The number of hydrogen-bond acceptors (Lipinski definition) is 4. The van der Waals surface area contributed by atoms with E-state index in [1.807, 2.05) is 0 Å². The van der Waals surface area contributed by atoms with Gasteiger partial charge in [0.15, 0.2) is 12.4 Å². The van der Waals surface area contributed by atoms with Crippen LogP contribution in [-0.2, 0) is 4.74 Å². The average Bonchev–Trinajstić information content (AvgIpc) is 2.79. The Kier molecular flexibility index (Phi) is 5.33. The van der Waals surface area contributed by atoms with Gasteiger partial charge in [0.2, 0.25) is 5.78 Å². The highest BCUT2D eigenvalue weighted by molar-refractivity contribution is 9.10. The second-order valence-corrected chi connectivity index (χ2v) is 6.22. The van der Waals surface area contributed by atoms with Gasteiger partial charge in [0.05, 0.1) is 11.3 Å². The van der Waals surface area contributed by atoms with Crippen LogP contribution in [0.15, 0.2) is 22.7 Å². The summed E-state index contributed by atoms with van der Waals surface area (Å²) in [4.78, 5) is 38.5. The number of halogens is 2. The summed E-state index contributed by atoms with van der Waals surface area (Å²) in [6.45, 7) is 4.19. The minimum atomic E-state index is -0.930. The van der Waals surface area contributed by atoms with Gasteiger partial charge in [0.25, 0.3) is 0 Å². The van der Waals surface area contributed by atoms with E-state index in [-0.39, 0.29) is 17.0 Å². The van der Waals surface area contributed by atoms with Gasteiger partial charge in [-0.25, -0.2) is 9.18 Å². The van der Waals surface area contributed by atoms with Gasteiger partial charge in [-0.05, 0) is 44.5 Å². The molecule has 5 nitrogen and oxygen atoms in total. The van der Waals surface area contributed by atoms with Gasteiger partial charge in [-0.1, -0.05) is 15.9 Å². The zero-order valence-corrected chi connectivity index (χ0v) is 14.9. The lowest BCUT2D eigenvalue weighted by Gasteiger charge is -2.05. The average molecular weight is 396 g/mol. The fraction of sp³-hybridized carbons (Fsp3) is 0.235. The van der Waals surface area contributed by atoms with Crippen molar-refractivity contribution in [3.8, 4) is 0 Å². The lowest BCUT2D eigenvalue weighted by Crippen LogP contribution is -2.16. The maximum absolute atomic E-state index is 13.7. The van der Waals surface area contributed by atoms with E-state index >= 15 is 0 Å². The van der Waals surface area contributed by atoms with Crippen molar-refractivity contribution in [2.45, 2.75) is 20.8 Å². The van der Waals surface area contributed by atoms with Gasteiger partial charge < -0.3 is 9.72 Å². The molecule has 0 spiro atoms. The van der Waals surface area contributed by atoms with Crippen molar-refractivity contribution in [3.05, 3.63) is 56.6 Å². The fourth-order valence-corrected chi connectivity index (χ4v) is 2.83. The van der Waals surface area contributed by atoms with Crippen LogP contribution < -0.4 is 0 Å². The van der Waals surface area contributed by atoms with Gasteiger partial charge >= 0.3 is 5.97 Å². The molecule has 1 aromatic heterocycles. The number of rotatable bonds is 5. The Bertz CT molecular complexity index is 841. The molecule has 7 heteroatoms. The smallest absolute Gasteiger partial charge is 0.341 e. The van der Waals surface area contributed by atoms with E-state index in [9.17, 15) is 18.8 Å². The Hall–Kier alpha value is -2.28. The van der Waals surface area contributed by atoms with Crippen LogP contribution in [0, 0.1) is 19.7 Å². The third kappa shape index (κ3) is 3.62. The van der Waals surface area contributed by atoms with Crippen LogP contribution in [0.5, 0.6) is 0 Å². The maximum atomic E-state index is 13.7. The number of hydrogen-bond donors (Lipinski definition) is 1. The number of aromatic nitrogens is 1. The van der Waals surface area contributed by atoms with Crippen LogP contribution in [0.4, 0.5) is 4.39 Å². The van der Waals surface area contributed by atoms with E-state index in [0.29, 0.717) is 21.3 Å². The third-order valence-electron chi connectivity index (χ3n) is 3.55. The Balaban J connectivity index is 2.12. The molecule has 0 fully saturated rings. The van der Waals surface area contributed by atoms with Crippen molar-refractivity contribution < 1.29 is 23.5 Å². The summed E-state index contributed by atoms with van der Waals surface area (Å²) < 4.78 is 19.1. The molecular formula is C17H15BrFNO4. The Morgan fingerprint density at radius 2 is 1.92 bits per heavy atom. The summed E-state index contributed by atoms with van der Waals surface area (Å²) in [6, 6.07) is 3.90. The molecule has 0 radical (unpaired) electrons. The topological polar surface area (TPSA) is 76.2 Å². The second kappa shape index (κ2) is 7.09. The quantitative estimate of drug-likeness (QED) is 0.617. The minimum Gasteiger partial charge on any atom is -0.454 e. The first-order valence-electron chi connectivity index (χ1n) is 7.07. The van der Waals surface area contributed by atoms with Gasteiger partial charge in [-0.2, -0.15) is 0 Å². The number of ketones is 2. The molecule has 0 atom stereocenters. The predicted molar refractivity (Wildman–Crippen MR) is 89.0 cm³/mol. The van der Waals surface area contributed by atoms with Crippen LogP contribution in [-0.4, -0.2) is 29.1 Å². The second-order valence-electron chi connectivity index (χ2n) is 5.30. The van der Waals surface area contributed by atoms with Gasteiger partial charge in [-0.3, -0.25) is 9.59 Å². The lowest BCUT2D eigenvalue weighted by atomic mass is 10.1. The van der Waals surface area contributed by atoms with Crippen LogP contribution >= 0.6 is 15.9 Å². The summed E-state index contributed by atoms with van der Waals surface area (Å²) in [5.74, 6) is -2.32. The molecular weight excluding hydrogens is 381 g/mol. The molecule has 0 amide bonds. The fourth-order valence-electron chi connectivity index (χ4n) is 2.49. The summed E-state index contributed by atoms with van der Waals surface area (Å²) >= 11 is 3.09. The number of carbonyl (C=O) groups excluding carboxylic acids is 3. The molecule has 0 unspecified atom stereocenters. The number of aryl methyl sites for hydroxylation is 1. The third-order valence-corrected chi connectivity index (χ3v) is 4.05. The molecule has 1 N–H and O–H groups in total. The van der Waals surface area contributed by atoms with Crippen molar-refractivity contribution in [3.63, 3.8) is 0 Å². The number of carbonyl (C=O) groups is 3. The van der Waals surface area contributed by atoms with Crippen molar-refractivity contribution in [2.24, 2.45) is 0 Å². The van der Waals surface area contributed by atoms with Crippen LogP contribution in [0.1, 0.15) is 49.4 Å². The standard InChI is InChI=1S/C17H15BrFNO4/c1-8-15(10(3)21)9(2)20-16(8)14(22)7-24-17(23)12-5-4-11(18)6-13(12)19/h4-6,20H,7H2,1-3H3. The van der Waals surface area contributed by atoms with E-state index in [2.05, 4.69) is 20.9 Å². The number of ether oxygens (including phenoxy) is 1. The van der Waals surface area contributed by atoms with Crippen molar-refractivity contribution in [1.82, 2.24) is 4.98 Å². The molecule has 0 bridgehead atoms. The summed E-state index contributed by atoms with van der Waals surface area (Å²) in [5.41, 5.74) is 1.49. The zero-order valence-electron chi connectivity index (χ0n) is 13.3. The van der Waals surface area contributed by atoms with Crippen LogP contribution in [0.25, 0.3) is 0 Å². The number of nitrogens with one attached hydrogen (secondary N) is 1. The zero-order chi connectivity index (χ0) is 18.0. The predicted octanol–water partition coefficient (Wildman–Crippen LogP) is 3.78. The Labute approximate surface area is 146 Å². The highest BCUT2D eigenvalue weighted by Crippen LogP contribution is 2.20. The monoisotopic (exact) mass is 395 g/mol. The molecule has 0 aliphatic rings. The van der Waals surface area contributed by atoms with Crippen molar-refractivity contribution >= 4 is 33.5 Å². The maximum Gasteiger partial charge on any atom is 0.341 e. The van der Waals surface area contributed by atoms with E-state index in [1.54, 1.807) is 13.8 Å². The van der Waals surface area contributed by atoms with E-state index < -0.39 is 24.2 Å². The Morgan fingerprint density at radius 3 is 2.46 bits per heavy atom. The van der Waals surface area contributed by atoms with Crippen LogP contribution in [0.2, 0.25) is 0 Å². The number of benzene rings is 1. The highest BCUT2D eigenvalue weighted by Gasteiger charge is 2.21. The first kappa shape index (κ1) is 18.1. The first-order chi connectivity index (χ1) is 11.2. The molecule has 2 rings (SSSR count). The van der Waals surface area contributed by atoms with E-state index in [0.717, 1.165) is 6.07 Å². The van der Waals surface area contributed by atoms with E-state index in [1.165, 1.54) is 19.1 Å². The largest absolute Gasteiger partial charge is 0.454 e. The van der Waals surface area contributed by atoms with Crippen molar-refractivity contribution in [1.29, 1.82) is 0 Å². The number of aromatic amines is 1. The highest BCUT2D eigenvalue weighted by atomic mass is 79.9. The van der Waals surface area contributed by atoms with E-state index in [4.69, 9.17) is 4.74 Å². The Morgan fingerprint density at radius 1 is 1.25 bits per heavy atom. The molecule has 0 saturated heterocycles. The molecule has 0 aliphatic carbocycles. The molecule has 24 heavy (non-hydrogen) atoms. The summed E-state index contributed by atoms with van der Waals surface area (Å²) in [6.07, 6.45) is 0. The molecule has 0 saturated carbocycles.